The number of carbonyl (C=O) groups excluding carboxylic acids is 1. The number of amides is 1. The number of ether oxygens (including phenoxy) is 1. The first-order valence-electron chi connectivity index (χ1n) is 13.2. The molecule has 9 heteroatoms. The molecule has 1 fully saturated rings. The van der Waals surface area contributed by atoms with Crippen molar-refractivity contribution in [2.75, 3.05) is 19.0 Å². The molecule has 1 saturated heterocycles. The molecule has 2 aromatic carbocycles. The van der Waals surface area contributed by atoms with Gasteiger partial charge in [-0.1, -0.05) is 35.9 Å². The van der Waals surface area contributed by atoms with Gasteiger partial charge in [-0.05, 0) is 81.0 Å². The molecule has 3 heterocycles. The maximum Gasteiger partial charge on any atom is 0.226 e. The van der Waals surface area contributed by atoms with Crippen LogP contribution in [0.1, 0.15) is 46.7 Å². The Bertz CT molecular complexity index is 1550. The molecule has 1 amide bonds. The Balaban J connectivity index is 1.50. The number of para-hydroxylation sites is 2. The highest BCUT2D eigenvalue weighted by molar-refractivity contribution is 7.80. The molecule has 5 rings (SSSR count). The van der Waals surface area contributed by atoms with Gasteiger partial charge in [-0.3, -0.25) is 9.78 Å². The van der Waals surface area contributed by atoms with Gasteiger partial charge in [0.2, 0.25) is 5.91 Å². The molecule has 206 valence electrons. The second kappa shape index (κ2) is 11.7. The SMILES string of the molecule is COc1ccccc1NC(=O)CCN1C(=S)N[C@H](c2ccccn2)[C@H]1c1c(C)c(C)n(-c2cccc(Cl)c2)c1C. The van der Waals surface area contributed by atoms with E-state index >= 15 is 0 Å². The first kappa shape index (κ1) is 27.7. The number of thiocarbonyl (C=S) groups is 1. The topological polar surface area (TPSA) is 71.4 Å². The minimum atomic E-state index is -0.182. The molecule has 0 bridgehead atoms. The summed E-state index contributed by atoms with van der Waals surface area (Å²) in [6.45, 7) is 6.82. The van der Waals surface area contributed by atoms with Gasteiger partial charge in [-0.25, -0.2) is 0 Å². The van der Waals surface area contributed by atoms with E-state index in [1.165, 1.54) is 5.56 Å². The summed E-state index contributed by atoms with van der Waals surface area (Å²) in [5.41, 5.74) is 7.08. The van der Waals surface area contributed by atoms with Gasteiger partial charge >= 0.3 is 0 Å². The molecule has 0 aliphatic carbocycles. The second-order valence-corrected chi connectivity index (χ2v) is 10.7. The molecule has 40 heavy (non-hydrogen) atoms. The molecule has 1 aliphatic heterocycles. The van der Waals surface area contributed by atoms with Gasteiger partial charge in [-0.15, -0.1) is 0 Å². The number of halogens is 1. The first-order chi connectivity index (χ1) is 19.3. The van der Waals surface area contributed by atoms with Crippen molar-refractivity contribution in [3.8, 4) is 11.4 Å². The Morgan fingerprint density at radius 1 is 1.07 bits per heavy atom. The van der Waals surface area contributed by atoms with E-state index in [1.54, 1.807) is 13.3 Å². The van der Waals surface area contributed by atoms with Crippen LogP contribution in [0.3, 0.4) is 0 Å². The zero-order chi connectivity index (χ0) is 28.4. The molecule has 2 atom stereocenters. The number of methoxy groups -OCH3 is 1. The Kier molecular flexibility index (Phi) is 8.09. The summed E-state index contributed by atoms with van der Waals surface area (Å²) in [6.07, 6.45) is 2.04. The van der Waals surface area contributed by atoms with E-state index in [9.17, 15) is 4.79 Å². The molecule has 2 N–H and O–H groups in total. The molecular formula is C31H32ClN5O2S. The maximum atomic E-state index is 13.1. The quantitative estimate of drug-likeness (QED) is 0.236. The molecule has 7 nitrogen and oxygen atoms in total. The number of aromatic nitrogens is 2. The van der Waals surface area contributed by atoms with E-state index in [0.29, 0.717) is 28.1 Å². The molecule has 0 spiro atoms. The van der Waals surface area contributed by atoms with Crippen molar-refractivity contribution in [1.82, 2.24) is 19.8 Å². The van der Waals surface area contributed by atoms with Crippen LogP contribution in [0.25, 0.3) is 5.69 Å². The summed E-state index contributed by atoms with van der Waals surface area (Å²) in [5, 5.41) is 7.76. The number of pyridine rings is 1. The van der Waals surface area contributed by atoms with Gasteiger partial charge in [0.05, 0.1) is 30.6 Å². The van der Waals surface area contributed by atoms with Crippen molar-refractivity contribution < 1.29 is 9.53 Å². The summed E-state index contributed by atoms with van der Waals surface area (Å²) in [6, 6.07) is 20.8. The number of benzene rings is 2. The number of anilines is 1. The normalized spacial score (nSPS) is 16.6. The van der Waals surface area contributed by atoms with E-state index in [-0.39, 0.29) is 24.4 Å². The summed E-state index contributed by atoms with van der Waals surface area (Å²) in [4.78, 5) is 19.8. The van der Waals surface area contributed by atoms with Gasteiger partial charge in [-0.2, -0.15) is 0 Å². The van der Waals surface area contributed by atoms with Crippen LogP contribution in [0.15, 0.2) is 72.9 Å². The zero-order valence-electron chi connectivity index (χ0n) is 22.9. The monoisotopic (exact) mass is 573 g/mol. The molecule has 0 unspecified atom stereocenters. The predicted octanol–water partition coefficient (Wildman–Crippen LogP) is 6.46. The first-order valence-corrected chi connectivity index (χ1v) is 13.9. The van der Waals surface area contributed by atoms with Crippen LogP contribution >= 0.6 is 23.8 Å². The number of hydrogen-bond donors (Lipinski definition) is 2. The number of hydrogen-bond acceptors (Lipinski definition) is 4. The van der Waals surface area contributed by atoms with Crippen LogP contribution < -0.4 is 15.4 Å². The van der Waals surface area contributed by atoms with Crippen molar-refractivity contribution in [2.24, 2.45) is 0 Å². The van der Waals surface area contributed by atoms with Crippen LogP contribution in [-0.2, 0) is 4.79 Å². The maximum absolute atomic E-state index is 13.1. The third-order valence-electron chi connectivity index (χ3n) is 7.53. The van der Waals surface area contributed by atoms with Crippen molar-refractivity contribution >= 4 is 40.5 Å². The summed E-state index contributed by atoms with van der Waals surface area (Å²) in [5.74, 6) is 0.500. The van der Waals surface area contributed by atoms with Crippen LogP contribution in [0.4, 0.5) is 5.69 Å². The minimum absolute atomic E-state index is 0.117. The number of nitrogens with one attached hydrogen (secondary N) is 2. The lowest BCUT2D eigenvalue weighted by Gasteiger charge is -2.29. The lowest BCUT2D eigenvalue weighted by Crippen LogP contribution is -2.33. The highest BCUT2D eigenvalue weighted by Gasteiger charge is 2.42. The fourth-order valence-corrected chi connectivity index (χ4v) is 6.10. The fraction of sp³-hybridized carbons (Fsp3) is 0.258. The molecular weight excluding hydrogens is 542 g/mol. The second-order valence-electron chi connectivity index (χ2n) is 9.84. The van der Waals surface area contributed by atoms with Crippen molar-refractivity contribution in [1.29, 1.82) is 0 Å². The highest BCUT2D eigenvalue weighted by Crippen LogP contribution is 2.43. The zero-order valence-corrected chi connectivity index (χ0v) is 24.5. The Morgan fingerprint density at radius 3 is 2.58 bits per heavy atom. The number of rotatable bonds is 8. The van der Waals surface area contributed by atoms with Gasteiger partial charge in [0.1, 0.15) is 5.75 Å². The predicted molar refractivity (Wildman–Crippen MR) is 163 cm³/mol. The lowest BCUT2D eigenvalue weighted by atomic mass is 9.93. The van der Waals surface area contributed by atoms with Gasteiger partial charge in [0, 0.05) is 46.8 Å². The molecule has 0 saturated carbocycles. The largest absolute Gasteiger partial charge is 0.495 e. The molecule has 0 radical (unpaired) electrons. The van der Waals surface area contributed by atoms with Crippen LogP contribution in [-0.4, -0.2) is 39.1 Å². The van der Waals surface area contributed by atoms with E-state index < -0.39 is 0 Å². The Morgan fingerprint density at radius 2 is 1.85 bits per heavy atom. The van der Waals surface area contributed by atoms with E-state index in [1.807, 2.05) is 60.7 Å². The van der Waals surface area contributed by atoms with Crippen molar-refractivity contribution in [2.45, 2.75) is 39.3 Å². The average molecular weight is 574 g/mol. The number of nitrogens with zero attached hydrogens (tertiary/aromatic N) is 3. The van der Waals surface area contributed by atoms with Gasteiger partial charge in [0.15, 0.2) is 5.11 Å². The molecule has 4 aromatic rings. The van der Waals surface area contributed by atoms with Crippen molar-refractivity contribution in [3.63, 3.8) is 0 Å². The summed E-state index contributed by atoms with van der Waals surface area (Å²) in [7, 11) is 1.59. The standard InChI is InChI=1S/C31H32ClN5O2S/c1-19-20(2)37(23-11-9-10-22(32)18-23)21(3)28(19)30-29(25-13-7-8-16-33-25)35-31(40)36(30)17-15-27(38)34-24-12-5-6-14-26(24)39-4/h5-14,16,18,29-30H,15,17H2,1-4H3,(H,34,38)(H,35,40)/t29-,30-/m1/s1. The average Bonchev–Trinajstić information content (AvgIpc) is 3.39. The van der Waals surface area contributed by atoms with Gasteiger partial charge < -0.3 is 24.8 Å². The van der Waals surface area contributed by atoms with E-state index in [0.717, 1.165) is 28.3 Å². The fourth-order valence-electron chi connectivity index (χ4n) is 5.59. The Labute approximate surface area is 245 Å². The third kappa shape index (κ3) is 5.29. The van der Waals surface area contributed by atoms with Crippen molar-refractivity contribution in [3.05, 3.63) is 106 Å². The lowest BCUT2D eigenvalue weighted by molar-refractivity contribution is -0.116. The summed E-state index contributed by atoms with van der Waals surface area (Å²) >= 11 is 12.2. The highest BCUT2D eigenvalue weighted by atomic mass is 35.5. The minimum Gasteiger partial charge on any atom is -0.495 e. The smallest absolute Gasteiger partial charge is 0.226 e. The van der Waals surface area contributed by atoms with Gasteiger partial charge in [0.25, 0.3) is 0 Å². The van der Waals surface area contributed by atoms with Crippen LogP contribution in [0.2, 0.25) is 5.02 Å². The van der Waals surface area contributed by atoms with Crippen LogP contribution in [0.5, 0.6) is 5.75 Å². The van der Waals surface area contributed by atoms with E-state index in [2.05, 4.69) is 51.9 Å². The number of carbonyl (C=O) groups is 1. The third-order valence-corrected chi connectivity index (χ3v) is 8.12. The molecule has 2 aromatic heterocycles. The summed E-state index contributed by atoms with van der Waals surface area (Å²) < 4.78 is 7.63. The van der Waals surface area contributed by atoms with E-state index in [4.69, 9.17) is 28.6 Å². The molecule has 1 aliphatic rings. The Hall–Kier alpha value is -3.88. The van der Waals surface area contributed by atoms with Crippen LogP contribution in [0, 0.1) is 20.8 Å².